The molecule has 0 radical (unpaired) electrons. The van der Waals surface area contributed by atoms with Crippen LogP contribution in [0.4, 0.5) is 23.7 Å². The summed E-state index contributed by atoms with van der Waals surface area (Å²) in [5.41, 5.74) is 1.13. The minimum absolute atomic E-state index is 0.218. The molecule has 0 aliphatic carbocycles. The van der Waals surface area contributed by atoms with Gasteiger partial charge in [0.15, 0.2) is 6.10 Å². The molecule has 8 nitrogen and oxygen atoms in total. The van der Waals surface area contributed by atoms with Crippen LogP contribution in [0.15, 0.2) is 48.5 Å². The van der Waals surface area contributed by atoms with Crippen molar-refractivity contribution in [3.63, 3.8) is 0 Å². The predicted octanol–water partition coefficient (Wildman–Crippen LogP) is 6.11. The molecule has 0 heterocycles. The summed E-state index contributed by atoms with van der Waals surface area (Å²) in [7, 11) is 0. The maximum absolute atomic E-state index is 12.9. The number of hydrogen-bond donors (Lipinski definition) is 2. The summed E-state index contributed by atoms with van der Waals surface area (Å²) in [4.78, 5) is 25.8. The number of carbonyl (C=O) groups excluding carboxylic acids is 1. The van der Waals surface area contributed by atoms with E-state index >= 15 is 0 Å². The standard InChI is InChI=1S/C27H35F3N2O6/c1-3-5-6-7-16-32(26(35)31-21-10-14-23(15-11-21)38-27(28,29)30)17-18-37-22-12-8-20(9-13-22)19-24(25(33)34)36-4-2/h8-15,24H,3-7,16-19H2,1-2H3,(H,31,35)(H,33,34). The summed E-state index contributed by atoms with van der Waals surface area (Å²) < 4.78 is 52.0. The second-order valence-electron chi connectivity index (χ2n) is 8.53. The highest BCUT2D eigenvalue weighted by Gasteiger charge is 2.31. The average molecular weight is 541 g/mol. The maximum atomic E-state index is 12.9. The van der Waals surface area contributed by atoms with E-state index in [1.54, 1.807) is 36.1 Å². The molecule has 2 aromatic rings. The number of aliphatic carboxylic acids is 1. The highest BCUT2D eigenvalue weighted by Crippen LogP contribution is 2.24. The summed E-state index contributed by atoms with van der Waals surface area (Å²) in [5.74, 6) is -0.818. The zero-order valence-electron chi connectivity index (χ0n) is 21.6. The normalized spacial score (nSPS) is 12.0. The first kappa shape index (κ1) is 30.8. The largest absolute Gasteiger partial charge is 0.573 e. The molecule has 2 amide bonds. The highest BCUT2D eigenvalue weighted by atomic mass is 19.4. The molecule has 11 heteroatoms. The summed E-state index contributed by atoms with van der Waals surface area (Å²) in [5, 5.41) is 11.9. The van der Waals surface area contributed by atoms with Gasteiger partial charge in [0.05, 0.1) is 6.54 Å². The average Bonchev–Trinajstić information content (AvgIpc) is 2.86. The Morgan fingerprint density at radius 2 is 1.61 bits per heavy atom. The van der Waals surface area contributed by atoms with Crippen LogP contribution in [0.2, 0.25) is 0 Å². The number of urea groups is 1. The van der Waals surface area contributed by atoms with Gasteiger partial charge in [0, 0.05) is 25.3 Å². The Morgan fingerprint density at radius 1 is 0.947 bits per heavy atom. The van der Waals surface area contributed by atoms with Gasteiger partial charge in [0.2, 0.25) is 0 Å². The fourth-order valence-corrected chi connectivity index (χ4v) is 3.62. The van der Waals surface area contributed by atoms with Crippen molar-refractivity contribution in [3.8, 4) is 11.5 Å². The van der Waals surface area contributed by atoms with Crippen molar-refractivity contribution in [1.29, 1.82) is 0 Å². The minimum Gasteiger partial charge on any atom is -0.492 e. The van der Waals surface area contributed by atoms with Crippen LogP contribution in [0.25, 0.3) is 0 Å². The SMILES string of the molecule is CCCCCCN(CCOc1ccc(CC(OCC)C(=O)O)cc1)C(=O)Nc1ccc(OC(F)(F)F)cc1. The van der Waals surface area contributed by atoms with Gasteiger partial charge in [-0.3, -0.25) is 0 Å². The predicted molar refractivity (Wildman–Crippen MR) is 137 cm³/mol. The smallest absolute Gasteiger partial charge is 0.492 e. The molecule has 1 unspecified atom stereocenters. The molecular formula is C27H35F3N2O6. The van der Waals surface area contributed by atoms with Crippen LogP contribution >= 0.6 is 0 Å². The Morgan fingerprint density at radius 3 is 2.18 bits per heavy atom. The Kier molecular flexibility index (Phi) is 12.7. The lowest BCUT2D eigenvalue weighted by Gasteiger charge is -2.23. The number of carboxylic acid groups (broad SMARTS) is 1. The van der Waals surface area contributed by atoms with E-state index in [1.807, 2.05) is 0 Å². The molecule has 2 rings (SSSR count). The van der Waals surface area contributed by atoms with Crippen LogP contribution in [-0.4, -0.2) is 60.8 Å². The first-order chi connectivity index (χ1) is 18.1. The first-order valence-corrected chi connectivity index (χ1v) is 12.6. The Balaban J connectivity index is 1.92. The van der Waals surface area contributed by atoms with Crippen molar-refractivity contribution < 1.29 is 42.1 Å². The molecule has 2 aromatic carbocycles. The van der Waals surface area contributed by atoms with E-state index in [0.717, 1.165) is 43.4 Å². The molecule has 38 heavy (non-hydrogen) atoms. The van der Waals surface area contributed by atoms with Gasteiger partial charge in [-0.25, -0.2) is 9.59 Å². The van der Waals surface area contributed by atoms with Gasteiger partial charge in [0.25, 0.3) is 0 Å². The van der Waals surface area contributed by atoms with Gasteiger partial charge < -0.3 is 29.5 Å². The number of carboxylic acids is 1. The molecule has 0 bridgehead atoms. The lowest BCUT2D eigenvalue weighted by molar-refractivity contribution is -0.274. The molecular weight excluding hydrogens is 505 g/mol. The van der Waals surface area contributed by atoms with Gasteiger partial charge in [-0.1, -0.05) is 38.3 Å². The van der Waals surface area contributed by atoms with Crippen molar-refractivity contribution >= 4 is 17.7 Å². The van der Waals surface area contributed by atoms with Crippen LogP contribution in [0, 0.1) is 0 Å². The number of nitrogens with one attached hydrogen (secondary N) is 1. The molecule has 1 atom stereocenters. The first-order valence-electron chi connectivity index (χ1n) is 12.6. The third-order valence-corrected chi connectivity index (χ3v) is 5.53. The number of anilines is 1. The van der Waals surface area contributed by atoms with Crippen molar-refractivity contribution in [1.82, 2.24) is 4.90 Å². The monoisotopic (exact) mass is 540 g/mol. The van der Waals surface area contributed by atoms with Crippen LogP contribution in [0.5, 0.6) is 11.5 Å². The number of benzene rings is 2. The zero-order chi connectivity index (χ0) is 28.0. The van der Waals surface area contributed by atoms with Crippen LogP contribution < -0.4 is 14.8 Å². The number of amides is 2. The zero-order valence-corrected chi connectivity index (χ0v) is 21.6. The van der Waals surface area contributed by atoms with Crippen molar-refractivity contribution in [2.45, 2.75) is 58.4 Å². The highest BCUT2D eigenvalue weighted by molar-refractivity contribution is 5.89. The summed E-state index contributed by atoms with van der Waals surface area (Å²) in [6.45, 7) is 5.14. The fraction of sp³-hybridized carbons (Fsp3) is 0.481. The molecule has 0 aromatic heterocycles. The maximum Gasteiger partial charge on any atom is 0.573 e. The molecule has 0 aliphatic rings. The number of rotatable bonds is 16. The summed E-state index contributed by atoms with van der Waals surface area (Å²) >= 11 is 0. The molecule has 0 saturated heterocycles. The number of carbonyl (C=O) groups is 2. The van der Waals surface area contributed by atoms with E-state index in [0.29, 0.717) is 31.1 Å². The number of ether oxygens (including phenoxy) is 3. The van der Waals surface area contributed by atoms with E-state index in [9.17, 15) is 27.9 Å². The van der Waals surface area contributed by atoms with Crippen LogP contribution in [-0.2, 0) is 16.0 Å². The van der Waals surface area contributed by atoms with E-state index in [2.05, 4.69) is 17.0 Å². The van der Waals surface area contributed by atoms with Gasteiger partial charge in [-0.05, 0) is 55.3 Å². The van der Waals surface area contributed by atoms with Crippen molar-refractivity contribution in [2.24, 2.45) is 0 Å². The Hall–Kier alpha value is -3.47. The molecule has 0 aliphatic heterocycles. The topological polar surface area (TPSA) is 97.3 Å². The van der Waals surface area contributed by atoms with E-state index in [4.69, 9.17) is 9.47 Å². The lowest BCUT2D eigenvalue weighted by atomic mass is 10.1. The quantitative estimate of drug-likeness (QED) is 0.249. The lowest BCUT2D eigenvalue weighted by Crippen LogP contribution is -2.38. The minimum atomic E-state index is -4.79. The molecule has 0 fully saturated rings. The number of nitrogens with zero attached hydrogens (tertiary/aromatic N) is 1. The van der Waals surface area contributed by atoms with Crippen molar-refractivity contribution in [2.75, 3.05) is 31.6 Å². The molecule has 0 saturated carbocycles. The fourth-order valence-electron chi connectivity index (χ4n) is 3.62. The number of halogens is 3. The molecule has 0 spiro atoms. The summed E-state index contributed by atoms with van der Waals surface area (Å²) in [6, 6.07) is 11.6. The second-order valence-corrected chi connectivity index (χ2v) is 8.53. The van der Waals surface area contributed by atoms with Gasteiger partial charge in [0.1, 0.15) is 18.1 Å². The van der Waals surface area contributed by atoms with Crippen LogP contribution in [0.1, 0.15) is 45.1 Å². The van der Waals surface area contributed by atoms with Gasteiger partial charge in [-0.2, -0.15) is 0 Å². The third-order valence-electron chi connectivity index (χ3n) is 5.53. The van der Waals surface area contributed by atoms with E-state index < -0.39 is 18.4 Å². The number of alkyl halides is 3. The number of hydrogen-bond acceptors (Lipinski definition) is 5. The van der Waals surface area contributed by atoms with Gasteiger partial charge >= 0.3 is 18.4 Å². The third kappa shape index (κ3) is 11.7. The van der Waals surface area contributed by atoms with Crippen LogP contribution in [0.3, 0.4) is 0 Å². The molecule has 210 valence electrons. The molecule has 2 N–H and O–H groups in total. The number of unbranched alkanes of at least 4 members (excludes halogenated alkanes) is 3. The Bertz CT molecular complexity index is 984. The Labute approximate surface area is 220 Å². The van der Waals surface area contributed by atoms with Gasteiger partial charge in [-0.15, -0.1) is 13.2 Å². The van der Waals surface area contributed by atoms with E-state index in [-0.39, 0.29) is 24.8 Å². The summed E-state index contributed by atoms with van der Waals surface area (Å²) in [6.07, 6.45) is -1.60. The van der Waals surface area contributed by atoms with E-state index in [1.165, 1.54) is 12.1 Å². The second kappa shape index (κ2) is 15.7. The van der Waals surface area contributed by atoms with Crippen molar-refractivity contribution in [3.05, 3.63) is 54.1 Å².